The normalized spacial score (nSPS) is 14.9. The van der Waals surface area contributed by atoms with Crippen molar-refractivity contribution in [3.05, 3.63) is 129 Å². The van der Waals surface area contributed by atoms with Gasteiger partial charge in [0.15, 0.2) is 0 Å². The molecule has 4 rings (SSSR count). The third-order valence-electron chi connectivity index (χ3n) is 5.96. The molecule has 3 aromatic carbocycles. The first-order valence-corrected chi connectivity index (χ1v) is 13.3. The van der Waals surface area contributed by atoms with E-state index in [1.165, 1.54) is 11.8 Å². The molecule has 0 saturated carbocycles. The van der Waals surface area contributed by atoms with Gasteiger partial charge in [-0.15, -0.1) is 0 Å². The maximum atomic E-state index is 13.3. The molecule has 8 heteroatoms. The highest BCUT2D eigenvalue weighted by molar-refractivity contribution is 8.03. The molecule has 0 spiro atoms. The monoisotopic (exact) mass is 543 g/mol. The van der Waals surface area contributed by atoms with Crippen LogP contribution in [-0.4, -0.2) is 17.6 Å². The van der Waals surface area contributed by atoms with E-state index in [1.54, 1.807) is 31.2 Å². The molecule has 0 bridgehead atoms. The highest BCUT2D eigenvalue weighted by Gasteiger charge is 2.35. The number of hydrogen-bond acceptors (Lipinski definition) is 6. The van der Waals surface area contributed by atoms with Crippen LogP contribution in [0.15, 0.2) is 107 Å². The van der Waals surface area contributed by atoms with Crippen molar-refractivity contribution in [2.75, 3.05) is 5.75 Å². The summed E-state index contributed by atoms with van der Waals surface area (Å²) < 4.78 is 5.65. The Bertz CT molecular complexity index is 1400. The van der Waals surface area contributed by atoms with Crippen LogP contribution in [0.25, 0.3) is 0 Å². The molecule has 2 N–H and O–H groups in total. The number of ether oxygens (including phenoxy) is 1. The molecule has 1 aliphatic rings. The van der Waals surface area contributed by atoms with E-state index in [1.807, 2.05) is 60.7 Å². The van der Waals surface area contributed by atoms with E-state index in [-0.39, 0.29) is 18.3 Å². The van der Waals surface area contributed by atoms with Gasteiger partial charge in [0.2, 0.25) is 5.91 Å². The third-order valence-corrected chi connectivity index (χ3v) is 7.23. The van der Waals surface area contributed by atoms with E-state index in [0.29, 0.717) is 33.4 Å². The predicted molar refractivity (Wildman–Crippen MR) is 150 cm³/mol. The van der Waals surface area contributed by atoms with Gasteiger partial charge in [-0.25, -0.2) is 4.79 Å². The fraction of sp³-hybridized carbons (Fsp3) is 0.167. The van der Waals surface area contributed by atoms with Gasteiger partial charge in [-0.1, -0.05) is 96.2 Å². The Morgan fingerprint density at radius 2 is 1.63 bits per heavy atom. The Hall–Kier alpha value is -3.99. The summed E-state index contributed by atoms with van der Waals surface area (Å²) in [6, 6.07) is 28.3. The van der Waals surface area contributed by atoms with Crippen molar-refractivity contribution in [1.82, 2.24) is 10.6 Å². The van der Waals surface area contributed by atoms with E-state index in [4.69, 9.17) is 16.3 Å². The van der Waals surface area contributed by atoms with Gasteiger partial charge in [-0.2, -0.15) is 5.26 Å². The number of allylic oxidation sites excluding steroid dienone is 2. The molecule has 0 unspecified atom stereocenters. The van der Waals surface area contributed by atoms with Gasteiger partial charge < -0.3 is 15.4 Å². The lowest BCUT2D eigenvalue weighted by atomic mass is 9.82. The minimum absolute atomic E-state index is 0.106. The first-order valence-electron chi connectivity index (χ1n) is 12.0. The number of nitrogens with zero attached hydrogens (tertiary/aromatic N) is 1. The molecule has 3 aromatic rings. The highest BCUT2D eigenvalue weighted by atomic mass is 35.5. The number of benzene rings is 3. The summed E-state index contributed by atoms with van der Waals surface area (Å²) in [5.74, 6) is -1.24. The molecule has 1 amide bonds. The molecule has 192 valence electrons. The van der Waals surface area contributed by atoms with Crippen LogP contribution >= 0.6 is 23.4 Å². The van der Waals surface area contributed by atoms with Crippen LogP contribution in [0.2, 0.25) is 5.02 Å². The van der Waals surface area contributed by atoms with Crippen LogP contribution in [0.4, 0.5) is 0 Å². The quantitative estimate of drug-likeness (QED) is 0.330. The highest BCUT2D eigenvalue weighted by Crippen LogP contribution is 2.41. The van der Waals surface area contributed by atoms with Gasteiger partial charge >= 0.3 is 5.97 Å². The summed E-state index contributed by atoms with van der Waals surface area (Å²) in [6.07, 6.45) is 0. The molecule has 38 heavy (non-hydrogen) atoms. The number of carbonyl (C=O) groups is 2. The molecule has 6 nitrogen and oxygen atoms in total. The maximum Gasteiger partial charge on any atom is 0.337 e. The van der Waals surface area contributed by atoms with Crippen molar-refractivity contribution >= 4 is 35.2 Å². The van der Waals surface area contributed by atoms with Gasteiger partial charge in [-0.05, 0) is 35.7 Å². The SMILES string of the molecule is CC1=C(C(=O)OCc2ccccc2)[C@H](c2ccc(Cl)cc2)C(C#N)=C(SCC(=O)NCc2ccccc2)N1. The summed E-state index contributed by atoms with van der Waals surface area (Å²) in [7, 11) is 0. The topological polar surface area (TPSA) is 91.2 Å². The van der Waals surface area contributed by atoms with Crippen LogP contribution in [0.3, 0.4) is 0 Å². The van der Waals surface area contributed by atoms with Crippen LogP contribution in [0, 0.1) is 11.3 Å². The lowest BCUT2D eigenvalue weighted by molar-refractivity contribution is -0.140. The molecule has 1 aliphatic heterocycles. The van der Waals surface area contributed by atoms with E-state index in [0.717, 1.165) is 16.7 Å². The van der Waals surface area contributed by atoms with Crippen molar-refractivity contribution in [3.63, 3.8) is 0 Å². The minimum Gasteiger partial charge on any atom is -0.457 e. The number of nitrogens with one attached hydrogen (secondary N) is 2. The first kappa shape index (κ1) is 27.1. The molecule has 1 heterocycles. The number of rotatable bonds is 9. The van der Waals surface area contributed by atoms with Crippen molar-refractivity contribution in [3.8, 4) is 6.07 Å². The summed E-state index contributed by atoms with van der Waals surface area (Å²) >= 11 is 7.34. The van der Waals surface area contributed by atoms with Gasteiger partial charge in [0.05, 0.1) is 33.9 Å². The Morgan fingerprint density at radius 3 is 2.26 bits per heavy atom. The maximum absolute atomic E-state index is 13.3. The molecule has 0 aromatic heterocycles. The fourth-order valence-corrected chi connectivity index (χ4v) is 5.12. The zero-order valence-electron chi connectivity index (χ0n) is 20.7. The second kappa shape index (κ2) is 13.0. The Labute approximate surface area is 231 Å². The second-order valence-corrected chi connectivity index (χ2v) is 10.0. The Morgan fingerprint density at radius 1 is 1.00 bits per heavy atom. The number of carbonyl (C=O) groups excluding carboxylic acids is 2. The van der Waals surface area contributed by atoms with Gasteiger partial charge in [-0.3, -0.25) is 4.79 Å². The number of esters is 1. The Balaban J connectivity index is 1.55. The van der Waals surface area contributed by atoms with E-state index in [9.17, 15) is 14.9 Å². The molecular formula is C30H26ClN3O3S. The number of amides is 1. The van der Waals surface area contributed by atoms with Gasteiger partial charge in [0, 0.05) is 17.3 Å². The number of hydrogen-bond donors (Lipinski definition) is 2. The van der Waals surface area contributed by atoms with Crippen LogP contribution in [0.5, 0.6) is 0 Å². The molecule has 0 saturated heterocycles. The van der Waals surface area contributed by atoms with Crippen molar-refractivity contribution in [2.24, 2.45) is 0 Å². The zero-order valence-corrected chi connectivity index (χ0v) is 22.3. The summed E-state index contributed by atoms with van der Waals surface area (Å²) in [5.41, 5.74) is 3.83. The standard InChI is InChI=1S/C30H26ClN3O3S/c1-20-27(30(36)37-18-22-10-6-3-7-11-22)28(23-12-14-24(31)15-13-23)25(16-32)29(34-20)38-19-26(35)33-17-21-8-4-2-5-9-21/h2-15,28,34H,17-19H2,1H3,(H,33,35)/t28-/m1/s1. The first-order chi connectivity index (χ1) is 18.5. The third kappa shape index (κ3) is 6.86. The molecule has 1 atom stereocenters. The van der Waals surface area contributed by atoms with Crippen LogP contribution in [-0.2, 0) is 27.5 Å². The lowest BCUT2D eigenvalue weighted by Gasteiger charge is -2.29. The molecule has 0 radical (unpaired) electrons. The molecule has 0 fully saturated rings. The van der Waals surface area contributed by atoms with E-state index in [2.05, 4.69) is 16.7 Å². The summed E-state index contributed by atoms with van der Waals surface area (Å²) in [4.78, 5) is 25.9. The number of nitriles is 1. The van der Waals surface area contributed by atoms with E-state index < -0.39 is 11.9 Å². The Kier molecular flexibility index (Phi) is 9.26. The van der Waals surface area contributed by atoms with Crippen molar-refractivity contribution in [2.45, 2.75) is 26.0 Å². The van der Waals surface area contributed by atoms with E-state index >= 15 is 0 Å². The summed E-state index contributed by atoms with van der Waals surface area (Å²) in [5, 5.41) is 17.3. The smallest absolute Gasteiger partial charge is 0.337 e. The fourth-order valence-electron chi connectivity index (χ4n) is 4.07. The van der Waals surface area contributed by atoms with Crippen molar-refractivity contribution in [1.29, 1.82) is 5.26 Å². The van der Waals surface area contributed by atoms with Gasteiger partial charge in [0.1, 0.15) is 6.61 Å². The number of dihydropyridines is 1. The van der Waals surface area contributed by atoms with Crippen LogP contribution in [0.1, 0.15) is 29.5 Å². The second-order valence-electron chi connectivity index (χ2n) is 8.62. The predicted octanol–water partition coefficient (Wildman–Crippen LogP) is 5.83. The molecule has 0 aliphatic carbocycles. The van der Waals surface area contributed by atoms with Crippen LogP contribution < -0.4 is 10.6 Å². The zero-order chi connectivity index (χ0) is 26.9. The number of halogens is 1. The summed E-state index contributed by atoms with van der Waals surface area (Å²) in [6.45, 7) is 2.30. The van der Waals surface area contributed by atoms with Crippen molar-refractivity contribution < 1.29 is 14.3 Å². The number of thioether (sulfide) groups is 1. The minimum atomic E-state index is -0.670. The largest absolute Gasteiger partial charge is 0.457 e. The molecular weight excluding hydrogens is 518 g/mol. The average Bonchev–Trinajstić information content (AvgIpc) is 2.95. The average molecular weight is 544 g/mol. The van der Waals surface area contributed by atoms with Gasteiger partial charge in [0.25, 0.3) is 0 Å². The lowest BCUT2D eigenvalue weighted by Crippen LogP contribution is -2.30.